The van der Waals surface area contributed by atoms with Gasteiger partial charge in [0, 0.05) is 20.1 Å². The molecule has 0 heterocycles. The predicted molar refractivity (Wildman–Crippen MR) is 85.1 cm³/mol. The van der Waals surface area contributed by atoms with E-state index >= 15 is 0 Å². The lowest BCUT2D eigenvalue weighted by atomic mass is 9.86. The van der Waals surface area contributed by atoms with E-state index in [9.17, 15) is 5.11 Å². The minimum absolute atomic E-state index is 0.134. The molecule has 0 amide bonds. The molecule has 20 heavy (non-hydrogen) atoms. The van der Waals surface area contributed by atoms with Crippen LogP contribution < -0.4 is 10.6 Å². The van der Waals surface area contributed by atoms with Crippen molar-refractivity contribution in [3.8, 4) is 0 Å². The van der Waals surface area contributed by atoms with E-state index in [4.69, 9.17) is 0 Å². The molecule has 0 spiro atoms. The molecule has 0 bridgehead atoms. The zero-order valence-electron chi connectivity index (χ0n) is 13.2. The van der Waals surface area contributed by atoms with Gasteiger partial charge in [-0.1, -0.05) is 45.0 Å². The molecule has 0 aliphatic heterocycles. The number of benzene rings is 1. The molecule has 1 aromatic carbocycles. The molecule has 0 saturated carbocycles. The van der Waals surface area contributed by atoms with Crippen molar-refractivity contribution in [3.05, 3.63) is 35.4 Å². The Bertz CT molecular complexity index is 432. The summed E-state index contributed by atoms with van der Waals surface area (Å²) in [7, 11) is 1.72. The fraction of sp³-hybridized carbons (Fsp3) is 0.562. The van der Waals surface area contributed by atoms with E-state index in [1.807, 2.05) is 19.1 Å². The van der Waals surface area contributed by atoms with Crippen molar-refractivity contribution in [1.82, 2.24) is 10.6 Å². The fourth-order valence-electron chi connectivity index (χ4n) is 1.90. The van der Waals surface area contributed by atoms with Crippen molar-refractivity contribution < 1.29 is 5.11 Å². The molecule has 1 unspecified atom stereocenters. The summed E-state index contributed by atoms with van der Waals surface area (Å²) in [5.41, 5.74) is 2.32. The summed E-state index contributed by atoms with van der Waals surface area (Å²) < 4.78 is 0. The first kappa shape index (κ1) is 16.5. The highest BCUT2D eigenvalue weighted by atomic mass is 16.3. The van der Waals surface area contributed by atoms with Gasteiger partial charge < -0.3 is 15.7 Å². The van der Waals surface area contributed by atoms with Crippen molar-refractivity contribution in [2.24, 2.45) is 4.99 Å². The third kappa shape index (κ3) is 4.85. The molecule has 4 nitrogen and oxygen atoms in total. The highest BCUT2D eigenvalue weighted by Crippen LogP contribution is 2.23. The zero-order chi connectivity index (χ0) is 15.2. The summed E-state index contributed by atoms with van der Waals surface area (Å²) in [6.45, 7) is 9.79. The predicted octanol–water partition coefficient (Wildman–Crippen LogP) is 2.20. The summed E-state index contributed by atoms with van der Waals surface area (Å²) in [6.07, 6.45) is -0.542. The lowest BCUT2D eigenvalue weighted by Gasteiger charge is -2.20. The molecule has 0 aliphatic rings. The Morgan fingerprint density at radius 1 is 1.20 bits per heavy atom. The van der Waals surface area contributed by atoms with Crippen LogP contribution in [0.25, 0.3) is 0 Å². The van der Waals surface area contributed by atoms with Crippen LogP contribution in [0.5, 0.6) is 0 Å². The number of guanidine groups is 1. The standard InChI is InChI=1S/C16H27N3O/c1-6-18-15(17-5)19-11-14(20)12-7-9-13(10-8-12)16(2,3)4/h7-10,14,20H,6,11H2,1-5H3,(H2,17,18,19). The second kappa shape index (κ2) is 7.29. The van der Waals surface area contributed by atoms with E-state index in [0.717, 1.165) is 12.1 Å². The maximum absolute atomic E-state index is 10.2. The van der Waals surface area contributed by atoms with Gasteiger partial charge in [0.1, 0.15) is 0 Å². The van der Waals surface area contributed by atoms with Crippen molar-refractivity contribution in [2.45, 2.75) is 39.2 Å². The van der Waals surface area contributed by atoms with Crippen LogP contribution >= 0.6 is 0 Å². The van der Waals surface area contributed by atoms with Gasteiger partial charge in [0.15, 0.2) is 5.96 Å². The fourth-order valence-corrected chi connectivity index (χ4v) is 1.90. The van der Waals surface area contributed by atoms with Crippen molar-refractivity contribution in [1.29, 1.82) is 0 Å². The Kier molecular flexibility index (Phi) is 6.02. The first-order chi connectivity index (χ1) is 9.38. The Morgan fingerprint density at radius 3 is 2.25 bits per heavy atom. The van der Waals surface area contributed by atoms with E-state index in [-0.39, 0.29) is 5.41 Å². The first-order valence-corrected chi connectivity index (χ1v) is 7.11. The van der Waals surface area contributed by atoms with Gasteiger partial charge in [-0.05, 0) is 23.5 Å². The van der Waals surface area contributed by atoms with E-state index in [1.54, 1.807) is 7.05 Å². The molecule has 3 N–H and O–H groups in total. The van der Waals surface area contributed by atoms with Crippen LogP contribution in [0.2, 0.25) is 0 Å². The quantitative estimate of drug-likeness (QED) is 0.584. The molecule has 0 saturated heterocycles. The summed E-state index contributed by atoms with van der Waals surface area (Å²) in [5.74, 6) is 0.706. The van der Waals surface area contributed by atoms with E-state index in [1.165, 1.54) is 5.56 Å². The third-order valence-electron chi connectivity index (χ3n) is 3.19. The highest BCUT2D eigenvalue weighted by Gasteiger charge is 2.14. The number of nitrogens with zero attached hydrogens (tertiary/aromatic N) is 1. The van der Waals surface area contributed by atoms with Gasteiger partial charge in [0.05, 0.1) is 6.10 Å². The van der Waals surface area contributed by atoms with Gasteiger partial charge in [0.2, 0.25) is 0 Å². The van der Waals surface area contributed by atoms with Crippen LogP contribution in [0, 0.1) is 0 Å². The largest absolute Gasteiger partial charge is 0.387 e. The van der Waals surface area contributed by atoms with Crippen LogP contribution in [-0.4, -0.2) is 31.2 Å². The molecular weight excluding hydrogens is 250 g/mol. The molecule has 0 radical (unpaired) electrons. The smallest absolute Gasteiger partial charge is 0.191 e. The molecule has 112 valence electrons. The molecule has 1 aromatic rings. The number of rotatable bonds is 4. The second-order valence-corrected chi connectivity index (χ2v) is 5.87. The van der Waals surface area contributed by atoms with E-state index in [2.05, 4.69) is 48.5 Å². The number of nitrogens with one attached hydrogen (secondary N) is 2. The average Bonchev–Trinajstić information content (AvgIpc) is 2.42. The van der Waals surface area contributed by atoms with E-state index in [0.29, 0.717) is 12.5 Å². The maximum atomic E-state index is 10.2. The van der Waals surface area contributed by atoms with Gasteiger partial charge in [-0.2, -0.15) is 0 Å². The average molecular weight is 277 g/mol. The summed E-state index contributed by atoms with van der Waals surface area (Å²) in [6, 6.07) is 8.14. The number of hydrogen-bond donors (Lipinski definition) is 3. The topological polar surface area (TPSA) is 56.7 Å². The molecule has 4 heteroatoms. The first-order valence-electron chi connectivity index (χ1n) is 7.11. The molecule has 1 atom stereocenters. The van der Waals surface area contributed by atoms with Gasteiger partial charge in [0.25, 0.3) is 0 Å². The Hall–Kier alpha value is -1.55. The summed E-state index contributed by atoms with van der Waals surface area (Å²) in [4.78, 5) is 4.07. The van der Waals surface area contributed by atoms with Crippen LogP contribution in [0.1, 0.15) is 44.9 Å². The van der Waals surface area contributed by atoms with Crippen LogP contribution in [0.3, 0.4) is 0 Å². The van der Waals surface area contributed by atoms with Crippen molar-refractivity contribution >= 4 is 5.96 Å². The van der Waals surface area contributed by atoms with Gasteiger partial charge >= 0.3 is 0 Å². The van der Waals surface area contributed by atoms with Gasteiger partial charge in [-0.15, -0.1) is 0 Å². The third-order valence-corrected chi connectivity index (χ3v) is 3.19. The van der Waals surface area contributed by atoms with Crippen LogP contribution in [-0.2, 0) is 5.41 Å². The number of hydrogen-bond acceptors (Lipinski definition) is 2. The maximum Gasteiger partial charge on any atom is 0.191 e. The molecule has 0 aromatic heterocycles. The summed E-state index contributed by atoms with van der Waals surface area (Å²) >= 11 is 0. The SMILES string of the molecule is CCNC(=NC)NCC(O)c1ccc(C(C)(C)C)cc1. The van der Waals surface area contributed by atoms with E-state index < -0.39 is 6.10 Å². The second-order valence-electron chi connectivity index (χ2n) is 5.87. The number of aliphatic imine (C=N–C) groups is 1. The Morgan fingerprint density at radius 2 is 1.80 bits per heavy atom. The summed E-state index contributed by atoms with van der Waals surface area (Å²) in [5, 5.41) is 16.4. The Labute approximate surface area is 122 Å². The monoisotopic (exact) mass is 277 g/mol. The highest BCUT2D eigenvalue weighted by molar-refractivity contribution is 5.79. The van der Waals surface area contributed by atoms with Crippen molar-refractivity contribution in [3.63, 3.8) is 0 Å². The lowest BCUT2D eigenvalue weighted by Crippen LogP contribution is -2.39. The minimum atomic E-state index is -0.542. The molecule has 0 fully saturated rings. The zero-order valence-corrected chi connectivity index (χ0v) is 13.2. The van der Waals surface area contributed by atoms with Crippen LogP contribution in [0.4, 0.5) is 0 Å². The Balaban J connectivity index is 2.62. The number of aliphatic hydroxyl groups excluding tert-OH is 1. The number of aliphatic hydroxyl groups is 1. The molecular formula is C16H27N3O. The van der Waals surface area contributed by atoms with Crippen LogP contribution in [0.15, 0.2) is 29.3 Å². The molecule has 1 rings (SSSR count). The van der Waals surface area contributed by atoms with Crippen molar-refractivity contribution in [2.75, 3.05) is 20.1 Å². The molecule has 0 aliphatic carbocycles. The normalized spacial score (nSPS) is 14.0. The minimum Gasteiger partial charge on any atom is -0.387 e. The van der Waals surface area contributed by atoms with Gasteiger partial charge in [-0.25, -0.2) is 0 Å². The lowest BCUT2D eigenvalue weighted by molar-refractivity contribution is 0.181. The van der Waals surface area contributed by atoms with Gasteiger partial charge in [-0.3, -0.25) is 4.99 Å².